The number of nitrogen functional groups attached to an aromatic ring is 1. The third-order valence-electron chi connectivity index (χ3n) is 3.99. The molecule has 2 N–H and O–H groups in total. The topological polar surface area (TPSA) is 60.1 Å². The molecule has 6 heteroatoms. The first-order chi connectivity index (χ1) is 11.1. The monoisotopic (exact) mass is 324 g/mol. The number of nitrogens with zero attached hydrogens (tertiary/aromatic N) is 4. The molecule has 0 unspecified atom stereocenters. The van der Waals surface area contributed by atoms with Crippen molar-refractivity contribution in [2.75, 3.05) is 5.73 Å². The molecule has 2 aromatic carbocycles. The Morgan fingerprint density at radius 3 is 2.74 bits per heavy atom. The highest BCUT2D eigenvalue weighted by molar-refractivity contribution is 6.31. The zero-order chi connectivity index (χ0) is 16.0. The molecule has 0 atom stereocenters. The van der Waals surface area contributed by atoms with Crippen LogP contribution in [0.5, 0.6) is 0 Å². The fraction of sp³-hybridized carbons (Fsp3) is 0.118. The Kier molecular flexibility index (Phi) is 3.16. The van der Waals surface area contributed by atoms with Crippen molar-refractivity contribution in [3.05, 3.63) is 70.5 Å². The van der Waals surface area contributed by atoms with Crippen LogP contribution in [-0.4, -0.2) is 15.5 Å². The summed E-state index contributed by atoms with van der Waals surface area (Å²) in [5.74, 6) is 1.37. The summed E-state index contributed by atoms with van der Waals surface area (Å²) >= 11 is 6.24. The van der Waals surface area contributed by atoms with Crippen LogP contribution in [0, 0.1) is 0 Å². The highest BCUT2D eigenvalue weighted by atomic mass is 35.5. The van der Waals surface area contributed by atoms with Gasteiger partial charge in [0.2, 0.25) is 5.82 Å². The predicted octanol–water partition coefficient (Wildman–Crippen LogP) is 2.28. The van der Waals surface area contributed by atoms with Crippen molar-refractivity contribution in [3.8, 4) is 5.69 Å². The van der Waals surface area contributed by atoms with Gasteiger partial charge in [-0.05, 0) is 18.2 Å². The van der Waals surface area contributed by atoms with Crippen molar-refractivity contribution in [2.45, 2.75) is 6.54 Å². The lowest BCUT2D eigenvalue weighted by molar-refractivity contribution is -0.589. The molecule has 1 aliphatic rings. The average Bonchev–Trinajstić information content (AvgIpc) is 2.74. The van der Waals surface area contributed by atoms with E-state index in [1.54, 1.807) is 4.68 Å². The van der Waals surface area contributed by atoms with E-state index < -0.39 is 0 Å². The van der Waals surface area contributed by atoms with Gasteiger partial charge in [-0.15, -0.1) is 4.68 Å². The average molecular weight is 325 g/mol. The van der Waals surface area contributed by atoms with Gasteiger partial charge in [0.25, 0.3) is 0 Å². The summed E-state index contributed by atoms with van der Waals surface area (Å²) in [5, 5.41) is 4.97. The maximum atomic E-state index is 6.24. The number of benzene rings is 2. The van der Waals surface area contributed by atoms with Crippen LogP contribution in [0.2, 0.25) is 5.02 Å². The fourth-order valence-electron chi connectivity index (χ4n) is 2.94. The number of nitrogens with two attached hydrogens (primary N) is 1. The molecule has 0 fully saturated rings. The van der Waals surface area contributed by atoms with E-state index in [2.05, 4.69) is 5.10 Å². The summed E-state index contributed by atoms with van der Waals surface area (Å²) < 4.78 is 3.70. The number of aryl methyl sites for hydroxylation is 1. The van der Waals surface area contributed by atoms with Crippen molar-refractivity contribution >= 4 is 23.3 Å². The summed E-state index contributed by atoms with van der Waals surface area (Å²) in [7, 11) is 1.88. The molecule has 0 spiro atoms. The number of aliphatic imine (C=N–C) groups is 1. The molecule has 1 aliphatic heterocycles. The van der Waals surface area contributed by atoms with Gasteiger partial charge in [0, 0.05) is 21.2 Å². The van der Waals surface area contributed by atoms with E-state index in [4.69, 9.17) is 22.3 Å². The molecular weight excluding hydrogens is 310 g/mol. The number of fused-ring (bicyclic) bond motifs is 3. The van der Waals surface area contributed by atoms with Crippen LogP contribution in [0.1, 0.15) is 17.0 Å². The predicted molar refractivity (Wildman–Crippen MR) is 89.9 cm³/mol. The molecule has 1 aromatic heterocycles. The maximum absolute atomic E-state index is 6.24. The van der Waals surface area contributed by atoms with Crippen molar-refractivity contribution in [1.82, 2.24) is 9.78 Å². The van der Waals surface area contributed by atoms with Gasteiger partial charge in [-0.25, -0.2) is 0 Å². The van der Waals surface area contributed by atoms with Gasteiger partial charge >= 0.3 is 5.95 Å². The Bertz CT molecular complexity index is 928. The molecule has 2 heterocycles. The van der Waals surface area contributed by atoms with E-state index in [1.807, 2.05) is 60.1 Å². The van der Waals surface area contributed by atoms with Gasteiger partial charge in [-0.1, -0.05) is 41.9 Å². The minimum atomic E-state index is 0.440. The second-order valence-corrected chi connectivity index (χ2v) is 5.86. The summed E-state index contributed by atoms with van der Waals surface area (Å²) in [6.07, 6.45) is 0. The van der Waals surface area contributed by atoms with Crippen molar-refractivity contribution in [1.29, 1.82) is 0 Å². The lowest BCUT2D eigenvalue weighted by atomic mass is 10.0. The number of hydrogen-bond donors (Lipinski definition) is 1. The van der Waals surface area contributed by atoms with E-state index in [-0.39, 0.29) is 0 Å². The third-order valence-corrected chi connectivity index (χ3v) is 4.23. The van der Waals surface area contributed by atoms with E-state index in [9.17, 15) is 0 Å². The smallest absolute Gasteiger partial charge is 0.305 e. The first-order valence-electron chi connectivity index (χ1n) is 7.29. The minimum Gasteiger partial charge on any atom is -0.305 e. The second-order valence-electron chi connectivity index (χ2n) is 5.43. The van der Waals surface area contributed by atoms with E-state index >= 15 is 0 Å². The summed E-state index contributed by atoms with van der Waals surface area (Å²) in [6.45, 7) is 0.497. The quantitative estimate of drug-likeness (QED) is 0.698. The number of halogens is 1. The molecule has 23 heavy (non-hydrogen) atoms. The Morgan fingerprint density at radius 1 is 1.17 bits per heavy atom. The Morgan fingerprint density at radius 2 is 1.96 bits per heavy atom. The standard InChI is InChI=1S/C17H15ClN5/c1-22-15-10-20-16(11-5-3-2-4-6-11)13-9-12(18)7-8-14(13)23(15)17(19)21-22/h2-9H,10H2,1H3,(H2,19,21)/q+1. The second kappa shape index (κ2) is 5.21. The molecule has 0 amide bonds. The number of rotatable bonds is 1. The largest absolute Gasteiger partial charge is 0.380 e. The first-order valence-corrected chi connectivity index (χ1v) is 7.66. The summed E-state index contributed by atoms with van der Waals surface area (Å²) in [4.78, 5) is 4.81. The van der Waals surface area contributed by atoms with Crippen molar-refractivity contribution < 1.29 is 4.57 Å². The molecule has 3 aromatic rings. The number of hydrogen-bond acceptors (Lipinski definition) is 3. The fourth-order valence-corrected chi connectivity index (χ4v) is 3.11. The van der Waals surface area contributed by atoms with Crippen LogP contribution in [-0.2, 0) is 13.6 Å². The highest BCUT2D eigenvalue weighted by Crippen LogP contribution is 2.24. The third kappa shape index (κ3) is 2.21. The molecule has 0 saturated carbocycles. The zero-order valence-corrected chi connectivity index (χ0v) is 13.3. The van der Waals surface area contributed by atoms with Crippen molar-refractivity contribution in [2.24, 2.45) is 12.0 Å². The molecular formula is C17H15ClN5+. The molecule has 4 rings (SSSR count). The minimum absolute atomic E-state index is 0.440. The summed E-state index contributed by atoms with van der Waals surface area (Å²) in [5.41, 5.74) is 9.97. The van der Waals surface area contributed by atoms with Gasteiger partial charge in [0.05, 0.1) is 12.8 Å². The zero-order valence-electron chi connectivity index (χ0n) is 12.6. The van der Waals surface area contributed by atoms with E-state index in [0.29, 0.717) is 17.5 Å². The SMILES string of the molecule is Cn1nc(N)[n+]2c1CN=C(c1ccccc1)c1cc(Cl)ccc1-2. The van der Waals surface area contributed by atoms with Crippen LogP contribution in [0.25, 0.3) is 5.69 Å². The van der Waals surface area contributed by atoms with Gasteiger partial charge in [-0.2, -0.15) is 4.57 Å². The lowest BCUT2D eigenvalue weighted by Gasteiger charge is -2.10. The van der Waals surface area contributed by atoms with Crippen LogP contribution < -0.4 is 10.3 Å². The van der Waals surface area contributed by atoms with E-state index in [0.717, 1.165) is 28.4 Å². The van der Waals surface area contributed by atoms with Crippen LogP contribution >= 0.6 is 11.6 Å². The first kappa shape index (κ1) is 14.0. The lowest BCUT2D eigenvalue weighted by Crippen LogP contribution is -2.37. The van der Waals surface area contributed by atoms with Gasteiger partial charge in [-0.3, -0.25) is 4.99 Å². The Hall–Kier alpha value is -2.66. The number of anilines is 1. The molecule has 0 saturated heterocycles. The number of aromatic nitrogens is 3. The van der Waals surface area contributed by atoms with Crippen LogP contribution in [0.3, 0.4) is 0 Å². The van der Waals surface area contributed by atoms with Crippen molar-refractivity contribution in [3.63, 3.8) is 0 Å². The van der Waals surface area contributed by atoms with Gasteiger partial charge < -0.3 is 5.73 Å². The van der Waals surface area contributed by atoms with Crippen LogP contribution in [0.15, 0.2) is 53.5 Å². The normalized spacial score (nSPS) is 13.0. The van der Waals surface area contributed by atoms with Gasteiger partial charge in [0.15, 0.2) is 0 Å². The Labute approximate surface area is 138 Å². The molecule has 0 aliphatic carbocycles. The molecule has 0 bridgehead atoms. The molecule has 0 radical (unpaired) electrons. The maximum Gasteiger partial charge on any atom is 0.380 e. The molecule has 114 valence electrons. The molecule has 5 nitrogen and oxygen atoms in total. The highest BCUT2D eigenvalue weighted by Gasteiger charge is 2.28. The van der Waals surface area contributed by atoms with Gasteiger partial charge in [0.1, 0.15) is 12.2 Å². The Balaban J connectivity index is 2.03. The van der Waals surface area contributed by atoms with E-state index in [1.165, 1.54) is 0 Å². The van der Waals surface area contributed by atoms with Crippen LogP contribution in [0.4, 0.5) is 5.95 Å². The summed E-state index contributed by atoms with van der Waals surface area (Å²) in [6, 6.07) is 15.8.